The second-order valence-corrected chi connectivity index (χ2v) is 7.60. The fraction of sp³-hybridized carbons (Fsp3) is 0.667. The summed E-state index contributed by atoms with van der Waals surface area (Å²) in [6.45, 7) is 9.38. The molecule has 1 aliphatic rings. The monoisotopic (exact) mass is 275 g/mol. The molecule has 0 heterocycles. The van der Waals surface area contributed by atoms with Crippen LogP contribution >= 0.6 is 0 Å². The maximum atomic E-state index is 10.0. The number of rotatable bonds is 5. The summed E-state index contributed by atoms with van der Waals surface area (Å²) in [6, 6.07) is 9.48. The first-order chi connectivity index (χ1) is 9.33. The zero-order valence-electron chi connectivity index (χ0n) is 13.3. The van der Waals surface area contributed by atoms with Crippen molar-refractivity contribution in [3.8, 4) is 0 Å². The summed E-state index contributed by atoms with van der Waals surface area (Å²) in [5, 5.41) is 13.5. The number of aliphatic hydroxyl groups excluding tert-OH is 1. The SMILES string of the molecule is Cc1ccc(C2CC(NCC(O)CC(C)(C)C)C2)cc1. The van der Waals surface area contributed by atoms with Gasteiger partial charge in [0.15, 0.2) is 0 Å². The first kappa shape index (κ1) is 15.5. The highest BCUT2D eigenvalue weighted by Crippen LogP contribution is 2.36. The minimum Gasteiger partial charge on any atom is -0.392 e. The van der Waals surface area contributed by atoms with Gasteiger partial charge in [-0.05, 0) is 43.1 Å². The third-order valence-corrected chi connectivity index (χ3v) is 4.18. The Morgan fingerprint density at radius 3 is 2.35 bits per heavy atom. The lowest BCUT2D eigenvalue weighted by atomic mass is 9.75. The Bertz CT molecular complexity index is 412. The Balaban J connectivity index is 1.68. The fourth-order valence-electron chi connectivity index (χ4n) is 2.98. The molecule has 0 bridgehead atoms. The lowest BCUT2D eigenvalue weighted by Gasteiger charge is -2.37. The highest BCUT2D eigenvalue weighted by molar-refractivity contribution is 5.26. The number of aryl methyl sites for hydroxylation is 1. The predicted octanol–water partition coefficient (Wildman–Crippen LogP) is 3.63. The molecule has 0 aliphatic heterocycles. The molecule has 1 unspecified atom stereocenters. The molecule has 2 rings (SSSR count). The molecule has 0 spiro atoms. The van der Waals surface area contributed by atoms with Crippen molar-refractivity contribution in [2.75, 3.05) is 6.54 Å². The van der Waals surface area contributed by atoms with E-state index in [2.05, 4.69) is 57.3 Å². The van der Waals surface area contributed by atoms with Crippen molar-refractivity contribution in [2.24, 2.45) is 5.41 Å². The molecular formula is C18H29NO. The van der Waals surface area contributed by atoms with Crippen LogP contribution in [0.4, 0.5) is 0 Å². The Hall–Kier alpha value is -0.860. The van der Waals surface area contributed by atoms with Gasteiger partial charge in [-0.15, -0.1) is 0 Å². The van der Waals surface area contributed by atoms with Crippen LogP contribution in [0.1, 0.15) is 57.1 Å². The zero-order valence-corrected chi connectivity index (χ0v) is 13.3. The standard InChI is InChI=1S/C18H29NO/c1-13-5-7-14(8-6-13)15-9-16(10-15)19-12-17(20)11-18(2,3)4/h5-8,15-17,19-20H,9-12H2,1-4H3. The zero-order chi connectivity index (χ0) is 14.8. The molecule has 1 aromatic rings. The lowest BCUT2D eigenvalue weighted by molar-refractivity contribution is 0.110. The molecule has 20 heavy (non-hydrogen) atoms. The van der Waals surface area contributed by atoms with Crippen LogP contribution in [0.25, 0.3) is 0 Å². The Kier molecular flexibility index (Phi) is 4.87. The fourth-order valence-corrected chi connectivity index (χ4v) is 2.98. The highest BCUT2D eigenvalue weighted by atomic mass is 16.3. The third kappa shape index (κ3) is 4.60. The number of nitrogens with one attached hydrogen (secondary N) is 1. The number of benzene rings is 1. The van der Waals surface area contributed by atoms with Gasteiger partial charge in [0.25, 0.3) is 0 Å². The van der Waals surface area contributed by atoms with Crippen molar-refractivity contribution in [3.05, 3.63) is 35.4 Å². The number of hydrogen-bond donors (Lipinski definition) is 2. The molecule has 2 nitrogen and oxygen atoms in total. The smallest absolute Gasteiger partial charge is 0.0669 e. The minimum absolute atomic E-state index is 0.200. The van der Waals surface area contributed by atoms with Crippen molar-refractivity contribution < 1.29 is 5.11 Å². The van der Waals surface area contributed by atoms with E-state index in [4.69, 9.17) is 0 Å². The summed E-state index contributed by atoms with van der Waals surface area (Å²) in [5.41, 5.74) is 2.99. The average molecular weight is 275 g/mol. The maximum Gasteiger partial charge on any atom is 0.0669 e. The molecular weight excluding hydrogens is 246 g/mol. The first-order valence-electron chi connectivity index (χ1n) is 7.81. The predicted molar refractivity (Wildman–Crippen MR) is 85.0 cm³/mol. The molecule has 1 saturated carbocycles. The molecule has 1 atom stereocenters. The van der Waals surface area contributed by atoms with Crippen LogP contribution in [0.15, 0.2) is 24.3 Å². The van der Waals surface area contributed by atoms with E-state index < -0.39 is 0 Å². The summed E-state index contributed by atoms with van der Waals surface area (Å²) < 4.78 is 0. The molecule has 1 aromatic carbocycles. The topological polar surface area (TPSA) is 32.3 Å². The first-order valence-corrected chi connectivity index (χ1v) is 7.81. The molecule has 0 radical (unpaired) electrons. The van der Waals surface area contributed by atoms with Gasteiger partial charge in [-0.1, -0.05) is 50.6 Å². The van der Waals surface area contributed by atoms with E-state index in [9.17, 15) is 5.11 Å². The van der Waals surface area contributed by atoms with E-state index in [1.54, 1.807) is 0 Å². The molecule has 2 N–H and O–H groups in total. The summed E-state index contributed by atoms with van der Waals surface area (Å²) in [6.07, 6.45) is 3.03. The van der Waals surface area contributed by atoms with Gasteiger partial charge in [-0.3, -0.25) is 0 Å². The van der Waals surface area contributed by atoms with Gasteiger partial charge < -0.3 is 10.4 Å². The van der Waals surface area contributed by atoms with Crippen molar-refractivity contribution in [3.63, 3.8) is 0 Å². The van der Waals surface area contributed by atoms with Gasteiger partial charge in [-0.2, -0.15) is 0 Å². The maximum absolute atomic E-state index is 10.0. The normalized spacial score (nSPS) is 24.2. The van der Waals surface area contributed by atoms with Crippen LogP contribution in [0, 0.1) is 12.3 Å². The van der Waals surface area contributed by atoms with E-state index in [0.717, 1.165) is 13.0 Å². The van der Waals surface area contributed by atoms with Crippen LogP contribution in [-0.4, -0.2) is 23.8 Å². The molecule has 1 fully saturated rings. The Morgan fingerprint density at radius 1 is 1.20 bits per heavy atom. The van der Waals surface area contributed by atoms with Crippen LogP contribution in [0.3, 0.4) is 0 Å². The molecule has 112 valence electrons. The quantitative estimate of drug-likeness (QED) is 0.860. The van der Waals surface area contributed by atoms with E-state index in [1.165, 1.54) is 24.0 Å². The van der Waals surface area contributed by atoms with Crippen molar-refractivity contribution in [2.45, 2.75) is 65.0 Å². The molecule has 2 heteroatoms. The van der Waals surface area contributed by atoms with Gasteiger partial charge >= 0.3 is 0 Å². The van der Waals surface area contributed by atoms with E-state index in [0.29, 0.717) is 12.0 Å². The van der Waals surface area contributed by atoms with Crippen molar-refractivity contribution in [1.29, 1.82) is 0 Å². The summed E-state index contributed by atoms with van der Waals surface area (Å²) in [5.74, 6) is 0.702. The van der Waals surface area contributed by atoms with Crippen molar-refractivity contribution in [1.82, 2.24) is 5.32 Å². The average Bonchev–Trinajstić information content (AvgIpc) is 2.27. The van der Waals surface area contributed by atoms with Gasteiger partial charge in [0.1, 0.15) is 0 Å². The van der Waals surface area contributed by atoms with Gasteiger partial charge in [0, 0.05) is 12.6 Å². The van der Waals surface area contributed by atoms with E-state index >= 15 is 0 Å². The second kappa shape index (κ2) is 6.28. The van der Waals surface area contributed by atoms with Crippen LogP contribution < -0.4 is 5.32 Å². The lowest BCUT2D eigenvalue weighted by Crippen LogP contribution is -2.44. The molecule has 0 amide bonds. The van der Waals surface area contributed by atoms with Gasteiger partial charge in [0.05, 0.1) is 6.10 Å². The number of aliphatic hydroxyl groups is 1. The van der Waals surface area contributed by atoms with Crippen LogP contribution in [0.5, 0.6) is 0 Å². The molecule has 0 saturated heterocycles. The number of hydrogen-bond acceptors (Lipinski definition) is 2. The van der Waals surface area contributed by atoms with Crippen LogP contribution in [0.2, 0.25) is 0 Å². The summed E-state index contributed by atoms with van der Waals surface area (Å²) >= 11 is 0. The second-order valence-electron chi connectivity index (χ2n) is 7.60. The summed E-state index contributed by atoms with van der Waals surface area (Å²) in [4.78, 5) is 0. The Labute approximate surface area is 123 Å². The van der Waals surface area contributed by atoms with Crippen LogP contribution in [-0.2, 0) is 0 Å². The Morgan fingerprint density at radius 2 is 1.80 bits per heavy atom. The molecule has 0 aromatic heterocycles. The van der Waals surface area contributed by atoms with E-state index in [-0.39, 0.29) is 11.5 Å². The third-order valence-electron chi connectivity index (χ3n) is 4.18. The van der Waals surface area contributed by atoms with Gasteiger partial charge in [0.2, 0.25) is 0 Å². The van der Waals surface area contributed by atoms with Crippen molar-refractivity contribution >= 4 is 0 Å². The highest BCUT2D eigenvalue weighted by Gasteiger charge is 2.30. The van der Waals surface area contributed by atoms with Gasteiger partial charge in [-0.25, -0.2) is 0 Å². The molecule has 1 aliphatic carbocycles. The largest absolute Gasteiger partial charge is 0.392 e. The minimum atomic E-state index is -0.228. The van der Waals surface area contributed by atoms with E-state index in [1.807, 2.05) is 0 Å². The summed E-state index contributed by atoms with van der Waals surface area (Å²) in [7, 11) is 0.